The van der Waals surface area contributed by atoms with Gasteiger partial charge in [-0.25, -0.2) is 8.42 Å². The van der Waals surface area contributed by atoms with Gasteiger partial charge in [0.25, 0.3) is 0 Å². The summed E-state index contributed by atoms with van der Waals surface area (Å²) in [7, 11) is -2.95. The van der Waals surface area contributed by atoms with E-state index in [0.717, 1.165) is 25.8 Å². The molecule has 2 fully saturated rings. The van der Waals surface area contributed by atoms with Gasteiger partial charge < -0.3 is 10.2 Å². The van der Waals surface area contributed by atoms with Crippen LogP contribution in [-0.4, -0.2) is 55.9 Å². The Morgan fingerprint density at radius 3 is 2.89 bits per heavy atom. The number of likely N-dealkylation sites (tertiary alicyclic amines) is 1. The minimum Gasteiger partial charge on any atom is -0.340 e. The molecule has 2 rings (SSSR count). The average molecular weight is 274 g/mol. The van der Waals surface area contributed by atoms with E-state index in [2.05, 4.69) is 12.2 Å². The Balaban J connectivity index is 1.91. The monoisotopic (exact) mass is 274 g/mol. The summed E-state index contributed by atoms with van der Waals surface area (Å²) in [6.45, 7) is 3.40. The molecule has 2 aliphatic rings. The number of amides is 1. The number of sulfone groups is 1. The molecule has 0 saturated carbocycles. The van der Waals surface area contributed by atoms with Gasteiger partial charge in [0.15, 0.2) is 9.84 Å². The van der Waals surface area contributed by atoms with E-state index in [-0.39, 0.29) is 23.5 Å². The number of hydrogen-bond acceptors (Lipinski definition) is 4. The molecule has 18 heavy (non-hydrogen) atoms. The molecule has 0 aromatic heterocycles. The number of rotatable bonds is 3. The fourth-order valence-electron chi connectivity index (χ4n) is 2.91. The Hall–Kier alpha value is -0.620. The lowest BCUT2D eigenvalue weighted by atomic mass is 10.1. The summed E-state index contributed by atoms with van der Waals surface area (Å²) >= 11 is 0. The van der Waals surface area contributed by atoms with E-state index in [9.17, 15) is 13.2 Å². The van der Waals surface area contributed by atoms with Gasteiger partial charge in [-0.15, -0.1) is 0 Å². The lowest BCUT2D eigenvalue weighted by Gasteiger charge is -2.28. The quantitative estimate of drug-likeness (QED) is 0.796. The Labute approximate surface area is 109 Å². The molecule has 0 radical (unpaired) electrons. The van der Waals surface area contributed by atoms with E-state index in [1.807, 2.05) is 4.90 Å². The lowest BCUT2D eigenvalue weighted by molar-refractivity contribution is -0.132. The minimum absolute atomic E-state index is 0.101. The van der Waals surface area contributed by atoms with Gasteiger partial charge in [0.1, 0.15) is 0 Å². The number of nitrogens with zero attached hydrogens (tertiary/aromatic N) is 1. The first kappa shape index (κ1) is 13.8. The van der Waals surface area contributed by atoms with E-state index < -0.39 is 9.84 Å². The molecule has 0 bridgehead atoms. The Kier molecular flexibility index (Phi) is 4.27. The van der Waals surface area contributed by atoms with E-state index in [4.69, 9.17) is 0 Å². The van der Waals surface area contributed by atoms with Gasteiger partial charge in [-0.1, -0.05) is 6.92 Å². The van der Waals surface area contributed by atoms with Crippen molar-refractivity contribution in [3.05, 3.63) is 0 Å². The summed E-state index contributed by atoms with van der Waals surface area (Å²) in [4.78, 5) is 14.1. The van der Waals surface area contributed by atoms with Gasteiger partial charge in [0, 0.05) is 31.6 Å². The van der Waals surface area contributed by atoms with Gasteiger partial charge in [0.2, 0.25) is 5.91 Å². The van der Waals surface area contributed by atoms with Crippen LogP contribution >= 0.6 is 0 Å². The first-order chi connectivity index (χ1) is 8.52. The molecule has 0 aromatic rings. The molecule has 2 heterocycles. The molecular formula is C12H22N2O3S. The fourth-order valence-corrected chi connectivity index (χ4v) is 4.36. The van der Waals surface area contributed by atoms with E-state index in [1.54, 1.807) is 0 Å². The van der Waals surface area contributed by atoms with E-state index in [1.165, 1.54) is 0 Å². The van der Waals surface area contributed by atoms with E-state index >= 15 is 0 Å². The van der Waals surface area contributed by atoms with Crippen LogP contribution in [0, 0.1) is 0 Å². The summed E-state index contributed by atoms with van der Waals surface area (Å²) in [5, 5.41) is 3.14. The summed E-state index contributed by atoms with van der Waals surface area (Å²) in [5.41, 5.74) is 0. The van der Waals surface area contributed by atoms with Gasteiger partial charge in [-0.3, -0.25) is 4.79 Å². The molecule has 104 valence electrons. The molecule has 5 nitrogen and oxygen atoms in total. The maximum absolute atomic E-state index is 12.2. The van der Waals surface area contributed by atoms with Crippen LogP contribution < -0.4 is 5.32 Å². The third-order valence-corrected chi connectivity index (χ3v) is 5.63. The van der Waals surface area contributed by atoms with Crippen molar-refractivity contribution in [3.8, 4) is 0 Å². The summed E-state index contributed by atoms with van der Waals surface area (Å²) in [5.74, 6) is 0.400. The molecule has 1 amide bonds. The highest BCUT2D eigenvalue weighted by Gasteiger charge is 2.31. The average Bonchev–Trinajstić information content (AvgIpc) is 2.75. The van der Waals surface area contributed by atoms with Crippen molar-refractivity contribution in [2.45, 2.75) is 44.7 Å². The number of carbonyl (C=O) groups excluding carboxylic acids is 1. The molecule has 0 aliphatic carbocycles. The van der Waals surface area contributed by atoms with Crippen LogP contribution in [0.5, 0.6) is 0 Å². The highest BCUT2D eigenvalue weighted by molar-refractivity contribution is 7.91. The SMILES string of the molecule is CCC1CCCN1C(=O)CC1CS(=O)(=O)CCN1. The van der Waals surface area contributed by atoms with Gasteiger partial charge >= 0.3 is 0 Å². The predicted octanol–water partition coefficient (Wildman–Crippen LogP) is 0.164. The normalized spacial score (nSPS) is 31.5. The van der Waals surface area contributed by atoms with Crippen molar-refractivity contribution in [2.75, 3.05) is 24.6 Å². The highest BCUT2D eigenvalue weighted by atomic mass is 32.2. The second-order valence-corrected chi connectivity index (χ2v) is 7.49. The minimum atomic E-state index is -2.95. The van der Waals surface area contributed by atoms with Crippen molar-refractivity contribution < 1.29 is 13.2 Å². The second-order valence-electron chi connectivity index (χ2n) is 5.26. The van der Waals surface area contributed by atoms with Gasteiger partial charge in [0.05, 0.1) is 11.5 Å². The van der Waals surface area contributed by atoms with Crippen LogP contribution in [0.2, 0.25) is 0 Å². The molecule has 0 spiro atoms. The van der Waals surface area contributed by atoms with Crippen LogP contribution in [0.15, 0.2) is 0 Å². The third kappa shape index (κ3) is 3.23. The van der Waals surface area contributed by atoms with Gasteiger partial charge in [-0.05, 0) is 19.3 Å². The first-order valence-corrected chi connectivity index (χ1v) is 8.57. The maximum atomic E-state index is 12.2. The van der Waals surface area contributed by atoms with Crippen LogP contribution in [-0.2, 0) is 14.6 Å². The second kappa shape index (κ2) is 5.57. The molecular weight excluding hydrogens is 252 g/mol. The Bertz CT molecular complexity index is 408. The van der Waals surface area contributed by atoms with Crippen LogP contribution in [0.25, 0.3) is 0 Å². The highest BCUT2D eigenvalue weighted by Crippen LogP contribution is 2.21. The summed E-state index contributed by atoms with van der Waals surface area (Å²) < 4.78 is 23.0. The Morgan fingerprint density at radius 1 is 1.44 bits per heavy atom. The van der Waals surface area contributed by atoms with Crippen molar-refractivity contribution in [1.82, 2.24) is 10.2 Å². The van der Waals surface area contributed by atoms with Crippen LogP contribution in [0.1, 0.15) is 32.6 Å². The van der Waals surface area contributed by atoms with Crippen LogP contribution in [0.4, 0.5) is 0 Å². The molecule has 6 heteroatoms. The smallest absolute Gasteiger partial charge is 0.224 e. The first-order valence-electron chi connectivity index (χ1n) is 6.75. The standard InChI is InChI=1S/C12H22N2O3S/c1-2-11-4-3-6-14(11)12(15)8-10-9-18(16,17)7-5-13-10/h10-11,13H,2-9H2,1H3. The summed E-state index contributed by atoms with van der Waals surface area (Å²) in [6, 6.07) is 0.159. The molecule has 2 aliphatic heterocycles. The number of nitrogens with one attached hydrogen (secondary N) is 1. The molecule has 2 atom stereocenters. The molecule has 2 saturated heterocycles. The van der Waals surface area contributed by atoms with Gasteiger partial charge in [-0.2, -0.15) is 0 Å². The fraction of sp³-hybridized carbons (Fsp3) is 0.917. The Morgan fingerprint density at radius 2 is 2.22 bits per heavy atom. The molecule has 1 N–H and O–H groups in total. The third-order valence-electron chi connectivity index (χ3n) is 3.89. The topological polar surface area (TPSA) is 66.5 Å². The van der Waals surface area contributed by atoms with Crippen molar-refractivity contribution in [1.29, 1.82) is 0 Å². The zero-order valence-corrected chi connectivity index (χ0v) is 11.7. The maximum Gasteiger partial charge on any atom is 0.224 e. The number of hydrogen-bond donors (Lipinski definition) is 1. The predicted molar refractivity (Wildman–Crippen MR) is 70.1 cm³/mol. The largest absolute Gasteiger partial charge is 0.340 e. The molecule has 0 aromatic carbocycles. The van der Waals surface area contributed by atoms with Crippen molar-refractivity contribution >= 4 is 15.7 Å². The number of carbonyl (C=O) groups is 1. The van der Waals surface area contributed by atoms with Crippen molar-refractivity contribution in [3.63, 3.8) is 0 Å². The zero-order chi connectivity index (χ0) is 13.2. The molecule has 2 unspecified atom stereocenters. The summed E-state index contributed by atoms with van der Waals surface area (Å²) in [6.07, 6.45) is 3.46. The lowest BCUT2D eigenvalue weighted by Crippen LogP contribution is -2.48. The van der Waals surface area contributed by atoms with Crippen molar-refractivity contribution in [2.24, 2.45) is 0 Å². The zero-order valence-electron chi connectivity index (χ0n) is 10.9. The van der Waals surface area contributed by atoms with E-state index in [0.29, 0.717) is 19.0 Å². The van der Waals surface area contributed by atoms with Crippen LogP contribution in [0.3, 0.4) is 0 Å².